The van der Waals surface area contributed by atoms with Crippen LogP contribution >= 0.6 is 0 Å². The molecule has 0 aromatic rings. The molecule has 0 aromatic heterocycles. The van der Waals surface area contributed by atoms with E-state index in [2.05, 4.69) is 17.6 Å². The van der Waals surface area contributed by atoms with Crippen molar-refractivity contribution in [2.75, 3.05) is 13.1 Å². The van der Waals surface area contributed by atoms with E-state index in [9.17, 15) is 9.59 Å². The average molecular weight is 286 g/mol. The quantitative estimate of drug-likeness (QED) is 0.567. The highest BCUT2D eigenvalue weighted by atomic mass is 16.4. The van der Waals surface area contributed by atoms with Crippen LogP contribution in [0.25, 0.3) is 0 Å². The Labute approximate surface area is 119 Å². The summed E-state index contributed by atoms with van der Waals surface area (Å²) in [6.07, 6.45) is 4.66. The minimum atomic E-state index is -1.42. The fourth-order valence-electron chi connectivity index (χ4n) is 2.59. The molecule has 1 atom stereocenters. The van der Waals surface area contributed by atoms with Gasteiger partial charge in [-0.15, -0.1) is 0 Å². The molecule has 20 heavy (non-hydrogen) atoms. The van der Waals surface area contributed by atoms with Gasteiger partial charge in [-0.05, 0) is 24.7 Å². The lowest BCUT2D eigenvalue weighted by Gasteiger charge is -2.27. The van der Waals surface area contributed by atoms with Crippen LogP contribution in [0.1, 0.15) is 45.4 Å². The summed E-state index contributed by atoms with van der Waals surface area (Å²) in [6.45, 7) is 3.05. The molecule has 1 aliphatic rings. The zero-order valence-corrected chi connectivity index (χ0v) is 12.1. The van der Waals surface area contributed by atoms with E-state index < -0.39 is 12.1 Å². The van der Waals surface area contributed by atoms with E-state index in [1.54, 1.807) is 0 Å². The van der Waals surface area contributed by atoms with Gasteiger partial charge < -0.3 is 20.8 Å². The lowest BCUT2D eigenvalue weighted by molar-refractivity contribution is -0.146. The van der Waals surface area contributed by atoms with Crippen LogP contribution in [0, 0.1) is 11.8 Å². The summed E-state index contributed by atoms with van der Waals surface area (Å²) < 4.78 is 0. The molecule has 0 bridgehead atoms. The predicted octanol–water partition coefficient (Wildman–Crippen LogP) is 1.34. The van der Waals surface area contributed by atoms with Crippen LogP contribution in [0.15, 0.2) is 0 Å². The van der Waals surface area contributed by atoms with Crippen molar-refractivity contribution >= 4 is 12.0 Å². The Balaban J connectivity index is 2.07. The summed E-state index contributed by atoms with van der Waals surface area (Å²) >= 11 is 0. The topological polar surface area (TPSA) is 98.7 Å². The normalized spacial score (nSPS) is 23.9. The van der Waals surface area contributed by atoms with Crippen LogP contribution in [0.5, 0.6) is 0 Å². The van der Waals surface area contributed by atoms with Gasteiger partial charge in [-0.3, -0.25) is 0 Å². The van der Waals surface area contributed by atoms with Crippen molar-refractivity contribution in [3.05, 3.63) is 0 Å². The SMILES string of the molecule is CCC1CCC(CNC(=O)NCC[C@H](O)C(=O)O)CC1. The Bertz CT molecular complexity index is 314. The predicted molar refractivity (Wildman–Crippen MR) is 75.4 cm³/mol. The largest absolute Gasteiger partial charge is 0.479 e. The number of aliphatic hydroxyl groups excluding tert-OH is 1. The minimum absolute atomic E-state index is 0.0182. The standard InChI is InChI=1S/C14H26N2O4/c1-2-10-3-5-11(6-4-10)9-16-14(20)15-8-7-12(17)13(18)19/h10-12,17H,2-9H2,1H3,(H,18,19)(H2,15,16,20)/t10?,11?,12-/m0/s1. The summed E-state index contributed by atoms with van der Waals surface area (Å²) in [5.74, 6) is 0.130. The summed E-state index contributed by atoms with van der Waals surface area (Å²) in [5, 5.41) is 22.9. The van der Waals surface area contributed by atoms with Crippen LogP contribution in [-0.2, 0) is 4.79 Å². The zero-order valence-electron chi connectivity index (χ0n) is 12.1. The number of hydrogen-bond acceptors (Lipinski definition) is 3. The van der Waals surface area contributed by atoms with Crippen LogP contribution in [0.2, 0.25) is 0 Å². The van der Waals surface area contributed by atoms with Crippen molar-refractivity contribution in [1.82, 2.24) is 10.6 Å². The second-order valence-electron chi connectivity index (χ2n) is 5.57. The maximum absolute atomic E-state index is 11.5. The first-order valence-electron chi connectivity index (χ1n) is 7.45. The van der Waals surface area contributed by atoms with Gasteiger partial charge in [-0.2, -0.15) is 0 Å². The second-order valence-corrected chi connectivity index (χ2v) is 5.57. The number of amides is 2. The van der Waals surface area contributed by atoms with E-state index >= 15 is 0 Å². The molecule has 1 fully saturated rings. The van der Waals surface area contributed by atoms with E-state index in [-0.39, 0.29) is 19.0 Å². The Kier molecular flexibility index (Phi) is 7.36. The van der Waals surface area contributed by atoms with Gasteiger partial charge in [0.2, 0.25) is 0 Å². The van der Waals surface area contributed by atoms with Gasteiger partial charge in [-0.1, -0.05) is 26.2 Å². The first-order valence-corrected chi connectivity index (χ1v) is 7.45. The molecular weight excluding hydrogens is 260 g/mol. The molecule has 1 aliphatic carbocycles. The highest BCUT2D eigenvalue weighted by Crippen LogP contribution is 2.29. The van der Waals surface area contributed by atoms with Crippen molar-refractivity contribution in [1.29, 1.82) is 0 Å². The fraction of sp³-hybridized carbons (Fsp3) is 0.857. The van der Waals surface area contributed by atoms with Crippen molar-refractivity contribution in [3.63, 3.8) is 0 Å². The van der Waals surface area contributed by atoms with Gasteiger partial charge in [0.25, 0.3) is 0 Å². The molecule has 0 unspecified atom stereocenters. The van der Waals surface area contributed by atoms with Crippen molar-refractivity contribution in [2.45, 2.75) is 51.6 Å². The summed E-state index contributed by atoms with van der Waals surface area (Å²) in [6, 6.07) is -0.291. The van der Waals surface area contributed by atoms with Gasteiger partial charge in [0.05, 0.1) is 0 Å². The highest BCUT2D eigenvalue weighted by Gasteiger charge is 2.20. The van der Waals surface area contributed by atoms with Crippen LogP contribution in [0.4, 0.5) is 4.79 Å². The third-order valence-electron chi connectivity index (χ3n) is 4.08. The molecule has 4 N–H and O–H groups in total. The minimum Gasteiger partial charge on any atom is -0.479 e. The molecule has 1 saturated carbocycles. The summed E-state index contributed by atoms with van der Waals surface area (Å²) in [7, 11) is 0. The molecule has 6 heteroatoms. The van der Waals surface area contributed by atoms with E-state index in [4.69, 9.17) is 10.2 Å². The van der Waals surface area contributed by atoms with E-state index in [1.807, 2.05) is 0 Å². The number of aliphatic carboxylic acids is 1. The number of carbonyl (C=O) groups is 2. The monoisotopic (exact) mass is 286 g/mol. The maximum Gasteiger partial charge on any atom is 0.332 e. The Hall–Kier alpha value is -1.30. The number of rotatable bonds is 7. The smallest absolute Gasteiger partial charge is 0.332 e. The molecular formula is C14H26N2O4. The molecule has 6 nitrogen and oxygen atoms in total. The lowest BCUT2D eigenvalue weighted by Crippen LogP contribution is -2.40. The first kappa shape index (κ1) is 16.8. The Morgan fingerprint density at radius 2 is 1.75 bits per heavy atom. The van der Waals surface area contributed by atoms with Crippen LogP contribution in [0.3, 0.4) is 0 Å². The molecule has 0 aromatic carbocycles. The van der Waals surface area contributed by atoms with Crippen molar-refractivity contribution in [3.8, 4) is 0 Å². The number of hydrogen-bond donors (Lipinski definition) is 4. The third-order valence-corrected chi connectivity index (χ3v) is 4.08. The zero-order chi connectivity index (χ0) is 15.0. The molecule has 116 valence electrons. The molecule has 0 spiro atoms. The van der Waals surface area contributed by atoms with Gasteiger partial charge in [0.15, 0.2) is 6.10 Å². The van der Waals surface area contributed by atoms with Crippen LogP contribution in [-0.4, -0.2) is 41.4 Å². The number of carboxylic acids is 1. The molecule has 0 saturated heterocycles. The number of carboxylic acid groups (broad SMARTS) is 1. The van der Waals surface area contributed by atoms with Gasteiger partial charge in [0, 0.05) is 19.5 Å². The lowest BCUT2D eigenvalue weighted by atomic mass is 9.81. The van der Waals surface area contributed by atoms with E-state index in [0.717, 1.165) is 18.8 Å². The molecule has 0 radical (unpaired) electrons. The van der Waals surface area contributed by atoms with E-state index in [1.165, 1.54) is 19.3 Å². The molecule has 0 aliphatic heterocycles. The number of carbonyl (C=O) groups excluding carboxylic acids is 1. The van der Waals surface area contributed by atoms with Gasteiger partial charge >= 0.3 is 12.0 Å². The van der Waals surface area contributed by atoms with Gasteiger partial charge in [0.1, 0.15) is 0 Å². The average Bonchev–Trinajstić information content (AvgIpc) is 2.45. The highest BCUT2D eigenvalue weighted by molar-refractivity contribution is 5.74. The van der Waals surface area contributed by atoms with Crippen molar-refractivity contribution in [2.24, 2.45) is 11.8 Å². The Morgan fingerprint density at radius 1 is 1.15 bits per heavy atom. The number of aliphatic hydroxyl groups is 1. The fourth-order valence-corrected chi connectivity index (χ4v) is 2.59. The molecule has 1 rings (SSSR count). The Morgan fingerprint density at radius 3 is 2.30 bits per heavy atom. The van der Waals surface area contributed by atoms with Gasteiger partial charge in [-0.25, -0.2) is 9.59 Å². The third kappa shape index (κ3) is 6.23. The first-order chi connectivity index (χ1) is 9.52. The van der Waals surface area contributed by atoms with E-state index in [0.29, 0.717) is 12.5 Å². The molecule has 0 heterocycles. The number of nitrogens with one attached hydrogen (secondary N) is 2. The summed E-state index contributed by atoms with van der Waals surface area (Å²) in [5.41, 5.74) is 0. The molecule has 2 amide bonds. The second kappa shape index (κ2) is 8.79. The van der Waals surface area contributed by atoms with Crippen LogP contribution < -0.4 is 10.6 Å². The van der Waals surface area contributed by atoms with Crippen molar-refractivity contribution < 1.29 is 19.8 Å². The summed E-state index contributed by atoms with van der Waals surface area (Å²) in [4.78, 5) is 21.9. The maximum atomic E-state index is 11.5. The number of urea groups is 1.